The quantitative estimate of drug-likeness (QED) is 0.918. The molecule has 0 atom stereocenters. The minimum absolute atomic E-state index is 0.632. The van der Waals surface area contributed by atoms with Crippen molar-refractivity contribution in [2.45, 2.75) is 19.9 Å². The number of aromatic nitrogens is 2. The van der Waals surface area contributed by atoms with Crippen LogP contribution < -0.4 is 5.32 Å². The first-order valence-electron chi connectivity index (χ1n) is 7.20. The average molecular weight is 272 g/mol. The summed E-state index contributed by atoms with van der Waals surface area (Å²) in [6.07, 6.45) is 0.964. The van der Waals surface area contributed by atoms with E-state index in [9.17, 15) is 0 Å². The van der Waals surface area contributed by atoms with Gasteiger partial charge in [-0.3, -0.25) is 4.90 Å². The highest BCUT2D eigenvalue weighted by Gasteiger charge is 2.15. The van der Waals surface area contributed by atoms with Gasteiger partial charge in [-0.25, -0.2) is 0 Å². The molecule has 0 spiro atoms. The Morgan fingerprint density at radius 1 is 1.25 bits per heavy atom. The standard InChI is InChI=1S/C15H20N4O/c1-2-12-5-3-4-6-13(12)15-17-14(18-20-15)11-19-9-7-16-8-10-19/h3-6,16H,2,7-11H2,1H3. The maximum atomic E-state index is 5.43. The molecule has 0 radical (unpaired) electrons. The number of aryl methyl sites for hydroxylation is 1. The van der Waals surface area contributed by atoms with Crippen molar-refractivity contribution in [2.75, 3.05) is 26.2 Å². The van der Waals surface area contributed by atoms with E-state index in [4.69, 9.17) is 4.52 Å². The van der Waals surface area contributed by atoms with E-state index >= 15 is 0 Å². The fourth-order valence-electron chi connectivity index (χ4n) is 2.53. The molecule has 3 rings (SSSR count). The van der Waals surface area contributed by atoms with E-state index in [1.54, 1.807) is 0 Å². The Balaban J connectivity index is 1.75. The molecule has 5 nitrogen and oxygen atoms in total. The summed E-state index contributed by atoms with van der Waals surface area (Å²) in [5, 5.41) is 7.45. The predicted octanol–water partition coefficient (Wildman–Crippen LogP) is 1.70. The number of nitrogens with one attached hydrogen (secondary N) is 1. The van der Waals surface area contributed by atoms with Crippen LogP contribution in [0.4, 0.5) is 0 Å². The number of piperazine rings is 1. The highest BCUT2D eigenvalue weighted by Crippen LogP contribution is 2.22. The second-order valence-electron chi connectivity index (χ2n) is 5.05. The molecule has 106 valence electrons. The molecule has 5 heteroatoms. The third kappa shape index (κ3) is 2.89. The molecule has 1 aliphatic heterocycles. The maximum absolute atomic E-state index is 5.43. The highest BCUT2D eigenvalue weighted by atomic mass is 16.5. The van der Waals surface area contributed by atoms with Crippen molar-refractivity contribution in [3.05, 3.63) is 35.7 Å². The molecule has 0 bridgehead atoms. The predicted molar refractivity (Wildman–Crippen MR) is 77.3 cm³/mol. The van der Waals surface area contributed by atoms with Gasteiger partial charge in [0.1, 0.15) is 0 Å². The van der Waals surface area contributed by atoms with Gasteiger partial charge in [-0.15, -0.1) is 0 Å². The molecule has 1 fully saturated rings. The van der Waals surface area contributed by atoms with Gasteiger partial charge in [0.15, 0.2) is 5.82 Å². The number of rotatable bonds is 4. The van der Waals surface area contributed by atoms with E-state index in [-0.39, 0.29) is 0 Å². The molecule has 1 aromatic heterocycles. The van der Waals surface area contributed by atoms with E-state index in [0.29, 0.717) is 5.89 Å². The molecule has 0 unspecified atom stereocenters. The maximum Gasteiger partial charge on any atom is 0.258 e. The Hall–Kier alpha value is -1.72. The summed E-state index contributed by atoms with van der Waals surface area (Å²) in [4.78, 5) is 6.89. The van der Waals surface area contributed by atoms with Crippen molar-refractivity contribution >= 4 is 0 Å². The fourth-order valence-corrected chi connectivity index (χ4v) is 2.53. The molecular formula is C15H20N4O. The Bertz CT molecular complexity index is 561. The highest BCUT2D eigenvalue weighted by molar-refractivity contribution is 5.58. The molecule has 0 amide bonds. The van der Waals surface area contributed by atoms with Crippen LogP contribution in [0, 0.1) is 0 Å². The Morgan fingerprint density at radius 3 is 2.85 bits per heavy atom. The minimum atomic E-state index is 0.632. The number of hydrogen-bond donors (Lipinski definition) is 1. The van der Waals surface area contributed by atoms with Crippen molar-refractivity contribution < 1.29 is 4.52 Å². The third-order valence-corrected chi connectivity index (χ3v) is 3.67. The largest absolute Gasteiger partial charge is 0.334 e. The first-order chi connectivity index (χ1) is 9.86. The van der Waals surface area contributed by atoms with Crippen LogP contribution in [0.15, 0.2) is 28.8 Å². The smallest absolute Gasteiger partial charge is 0.258 e. The van der Waals surface area contributed by atoms with Crippen LogP contribution >= 0.6 is 0 Å². The monoisotopic (exact) mass is 272 g/mol. The van der Waals surface area contributed by atoms with E-state index in [1.165, 1.54) is 5.56 Å². The molecule has 20 heavy (non-hydrogen) atoms. The lowest BCUT2D eigenvalue weighted by Crippen LogP contribution is -2.43. The minimum Gasteiger partial charge on any atom is -0.334 e. The zero-order valence-electron chi connectivity index (χ0n) is 11.8. The first kappa shape index (κ1) is 13.3. The lowest BCUT2D eigenvalue weighted by atomic mass is 10.1. The van der Waals surface area contributed by atoms with E-state index in [0.717, 1.165) is 50.5 Å². The van der Waals surface area contributed by atoms with Crippen molar-refractivity contribution in [1.82, 2.24) is 20.4 Å². The van der Waals surface area contributed by atoms with Crippen molar-refractivity contribution in [3.63, 3.8) is 0 Å². The van der Waals surface area contributed by atoms with Crippen molar-refractivity contribution in [3.8, 4) is 11.5 Å². The molecular weight excluding hydrogens is 252 g/mol. The Kier molecular flexibility index (Phi) is 4.08. The number of nitrogens with zero attached hydrogens (tertiary/aromatic N) is 3. The Labute approximate surface area is 119 Å². The average Bonchev–Trinajstić information content (AvgIpc) is 2.96. The van der Waals surface area contributed by atoms with Crippen LogP contribution in [0.5, 0.6) is 0 Å². The molecule has 1 aromatic carbocycles. The van der Waals surface area contributed by atoms with E-state index in [2.05, 4.69) is 33.3 Å². The van der Waals surface area contributed by atoms with Gasteiger partial charge in [0, 0.05) is 31.7 Å². The number of hydrogen-bond acceptors (Lipinski definition) is 5. The molecule has 0 aliphatic carbocycles. The summed E-state index contributed by atoms with van der Waals surface area (Å²) in [5.74, 6) is 1.40. The summed E-state index contributed by atoms with van der Waals surface area (Å²) < 4.78 is 5.43. The van der Waals surface area contributed by atoms with Crippen LogP contribution in [0.2, 0.25) is 0 Å². The first-order valence-corrected chi connectivity index (χ1v) is 7.20. The van der Waals surface area contributed by atoms with Gasteiger partial charge in [0.25, 0.3) is 5.89 Å². The van der Waals surface area contributed by atoms with Crippen LogP contribution in [0.1, 0.15) is 18.3 Å². The third-order valence-electron chi connectivity index (χ3n) is 3.67. The SMILES string of the molecule is CCc1ccccc1-c1nc(CN2CCNCC2)no1. The second kappa shape index (κ2) is 6.15. The summed E-state index contributed by atoms with van der Waals surface area (Å²) in [7, 11) is 0. The summed E-state index contributed by atoms with van der Waals surface area (Å²) in [6.45, 7) is 7.04. The van der Waals surface area contributed by atoms with Gasteiger partial charge in [0.2, 0.25) is 0 Å². The van der Waals surface area contributed by atoms with E-state index in [1.807, 2.05) is 18.2 Å². The van der Waals surface area contributed by atoms with Crippen LogP contribution in [-0.4, -0.2) is 41.2 Å². The molecule has 1 N–H and O–H groups in total. The lowest BCUT2D eigenvalue weighted by Gasteiger charge is -2.25. The zero-order chi connectivity index (χ0) is 13.8. The van der Waals surface area contributed by atoms with Crippen LogP contribution in [-0.2, 0) is 13.0 Å². The van der Waals surface area contributed by atoms with Crippen molar-refractivity contribution in [2.24, 2.45) is 0 Å². The second-order valence-corrected chi connectivity index (χ2v) is 5.05. The van der Waals surface area contributed by atoms with Gasteiger partial charge in [-0.1, -0.05) is 30.3 Å². The van der Waals surface area contributed by atoms with Crippen molar-refractivity contribution in [1.29, 1.82) is 0 Å². The summed E-state index contributed by atoms with van der Waals surface area (Å²) in [5.41, 5.74) is 2.29. The fraction of sp³-hybridized carbons (Fsp3) is 0.467. The molecule has 2 heterocycles. The zero-order valence-corrected chi connectivity index (χ0v) is 11.8. The van der Waals surface area contributed by atoms with Gasteiger partial charge in [0.05, 0.1) is 6.54 Å². The molecule has 0 saturated carbocycles. The van der Waals surface area contributed by atoms with Crippen LogP contribution in [0.25, 0.3) is 11.5 Å². The Morgan fingerprint density at radius 2 is 2.05 bits per heavy atom. The lowest BCUT2D eigenvalue weighted by molar-refractivity contribution is 0.225. The summed E-state index contributed by atoms with van der Waals surface area (Å²) in [6, 6.07) is 8.20. The van der Waals surface area contributed by atoms with E-state index < -0.39 is 0 Å². The molecule has 1 aliphatic rings. The van der Waals surface area contributed by atoms with Gasteiger partial charge >= 0.3 is 0 Å². The van der Waals surface area contributed by atoms with Crippen LogP contribution in [0.3, 0.4) is 0 Å². The van der Waals surface area contributed by atoms with Gasteiger partial charge < -0.3 is 9.84 Å². The molecule has 1 saturated heterocycles. The van der Waals surface area contributed by atoms with Gasteiger partial charge in [-0.05, 0) is 18.1 Å². The molecule has 2 aromatic rings. The topological polar surface area (TPSA) is 54.2 Å². The summed E-state index contributed by atoms with van der Waals surface area (Å²) >= 11 is 0. The number of benzene rings is 1. The normalized spacial score (nSPS) is 16.4. The van der Waals surface area contributed by atoms with Gasteiger partial charge in [-0.2, -0.15) is 4.98 Å².